The summed E-state index contributed by atoms with van der Waals surface area (Å²) in [6.07, 6.45) is -0.406. The molecule has 2 N–H and O–H groups in total. The molecule has 0 saturated carbocycles. The number of likely N-dealkylation sites (tertiary alicyclic amines) is 1. The van der Waals surface area contributed by atoms with Crippen molar-refractivity contribution in [2.75, 3.05) is 32.8 Å². The number of carbonyl (C=O) groups is 2. The van der Waals surface area contributed by atoms with Crippen LogP contribution in [0.25, 0.3) is 0 Å². The van der Waals surface area contributed by atoms with E-state index in [-0.39, 0.29) is 19.2 Å². The lowest BCUT2D eigenvalue weighted by atomic mass is 10.1. The summed E-state index contributed by atoms with van der Waals surface area (Å²) in [7, 11) is 0. The highest BCUT2D eigenvalue weighted by Gasteiger charge is 2.37. The number of rotatable bonds is 1. The molecule has 2 rings (SSSR count). The van der Waals surface area contributed by atoms with Crippen molar-refractivity contribution in [3.05, 3.63) is 0 Å². The van der Waals surface area contributed by atoms with Crippen molar-refractivity contribution in [1.29, 1.82) is 0 Å². The van der Waals surface area contributed by atoms with Gasteiger partial charge in [0.1, 0.15) is 0 Å². The van der Waals surface area contributed by atoms with Crippen molar-refractivity contribution in [1.82, 2.24) is 9.80 Å². The Kier molecular flexibility index (Phi) is 3.45. The number of aliphatic carboxylic acids is 1. The van der Waals surface area contributed by atoms with Crippen LogP contribution in [0.1, 0.15) is 13.3 Å². The normalized spacial score (nSPS) is 32.7. The number of carboxylic acids is 1. The van der Waals surface area contributed by atoms with E-state index in [2.05, 4.69) is 0 Å². The molecule has 102 valence electrons. The number of urea groups is 1. The molecule has 2 unspecified atom stereocenters. The lowest BCUT2D eigenvalue weighted by Gasteiger charge is -2.34. The lowest BCUT2D eigenvalue weighted by Crippen LogP contribution is -2.52. The maximum atomic E-state index is 12.1. The van der Waals surface area contributed by atoms with Gasteiger partial charge >= 0.3 is 12.0 Å². The summed E-state index contributed by atoms with van der Waals surface area (Å²) in [6, 6.07) is -0.220. The highest BCUT2D eigenvalue weighted by molar-refractivity contribution is 5.77. The van der Waals surface area contributed by atoms with Crippen LogP contribution in [0.3, 0.4) is 0 Å². The molecule has 2 aliphatic heterocycles. The summed E-state index contributed by atoms with van der Waals surface area (Å²) in [5.41, 5.74) is -0.839. The molecule has 2 fully saturated rings. The molecule has 0 aliphatic carbocycles. The van der Waals surface area contributed by atoms with Crippen LogP contribution in [0.15, 0.2) is 0 Å². The number of carbonyl (C=O) groups excluding carboxylic acids is 1. The minimum atomic E-state index is -1.05. The second-order valence-electron chi connectivity index (χ2n) is 5.09. The Bertz CT molecular complexity index is 357. The fraction of sp³-hybridized carbons (Fsp3) is 0.818. The van der Waals surface area contributed by atoms with Gasteiger partial charge < -0.3 is 24.7 Å². The fourth-order valence-corrected chi connectivity index (χ4v) is 2.28. The summed E-state index contributed by atoms with van der Waals surface area (Å²) >= 11 is 0. The van der Waals surface area contributed by atoms with Gasteiger partial charge in [0, 0.05) is 13.1 Å². The van der Waals surface area contributed by atoms with Gasteiger partial charge in [-0.05, 0) is 13.3 Å². The SMILES string of the molecule is CC1(O)CCN(C(=O)N2CCOC(C(=O)O)C2)C1. The van der Waals surface area contributed by atoms with Crippen molar-refractivity contribution in [2.45, 2.75) is 25.0 Å². The van der Waals surface area contributed by atoms with E-state index < -0.39 is 17.7 Å². The molecule has 2 atom stereocenters. The zero-order chi connectivity index (χ0) is 13.3. The molecule has 7 heteroatoms. The third-order valence-corrected chi connectivity index (χ3v) is 3.33. The topological polar surface area (TPSA) is 90.3 Å². The van der Waals surface area contributed by atoms with E-state index in [1.807, 2.05) is 0 Å². The zero-order valence-corrected chi connectivity index (χ0v) is 10.3. The van der Waals surface area contributed by atoms with Gasteiger partial charge in [-0.25, -0.2) is 9.59 Å². The van der Waals surface area contributed by atoms with Crippen LogP contribution in [0.5, 0.6) is 0 Å². The molecule has 0 aromatic rings. The number of ether oxygens (including phenoxy) is 1. The summed E-state index contributed by atoms with van der Waals surface area (Å²) in [6.45, 7) is 3.17. The van der Waals surface area contributed by atoms with Crippen molar-refractivity contribution in [2.24, 2.45) is 0 Å². The van der Waals surface area contributed by atoms with Crippen LogP contribution in [0, 0.1) is 0 Å². The van der Waals surface area contributed by atoms with Crippen molar-refractivity contribution in [3.8, 4) is 0 Å². The summed E-state index contributed by atoms with van der Waals surface area (Å²) in [5.74, 6) is -1.05. The van der Waals surface area contributed by atoms with Crippen molar-refractivity contribution < 1.29 is 24.5 Å². The van der Waals surface area contributed by atoms with Gasteiger partial charge in [0.2, 0.25) is 0 Å². The largest absolute Gasteiger partial charge is 0.479 e. The van der Waals surface area contributed by atoms with Crippen molar-refractivity contribution >= 4 is 12.0 Å². The molecule has 0 aromatic carbocycles. The fourth-order valence-electron chi connectivity index (χ4n) is 2.28. The standard InChI is InChI=1S/C11H18N2O5/c1-11(17)2-3-13(7-11)10(16)12-4-5-18-8(6-12)9(14)15/h8,17H,2-7H2,1H3,(H,14,15). The van der Waals surface area contributed by atoms with Crippen LogP contribution >= 0.6 is 0 Å². The van der Waals surface area contributed by atoms with Crippen LogP contribution in [-0.2, 0) is 9.53 Å². The minimum Gasteiger partial charge on any atom is -0.479 e. The third-order valence-electron chi connectivity index (χ3n) is 3.33. The predicted molar refractivity (Wildman–Crippen MR) is 61.2 cm³/mol. The van der Waals surface area contributed by atoms with Crippen LogP contribution in [0.4, 0.5) is 4.79 Å². The number of nitrogens with zero attached hydrogens (tertiary/aromatic N) is 2. The smallest absolute Gasteiger partial charge is 0.334 e. The highest BCUT2D eigenvalue weighted by Crippen LogP contribution is 2.22. The molecule has 2 saturated heterocycles. The molecule has 0 spiro atoms. The lowest BCUT2D eigenvalue weighted by molar-refractivity contribution is -0.154. The number of hydrogen-bond acceptors (Lipinski definition) is 4. The number of β-amino-alcohol motifs (C(OH)–C–C–N with tert-alkyl or cyclic N) is 1. The Morgan fingerprint density at radius 1 is 1.33 bits per heavy atom. The molecule has 2 aliphatic rings. The summed E-state index contributed by atoms with van der Waals surface area (Å²) < 4.78 is 5.06. The van der Waals surface area contributed by atoms with Crippen LogP contribution in [0.2, 0.25) is 0 Å². The predicted octanol–water partition coefficient (Wildman–Crippen LogP) is -0.651. The first-order valence-corrected chi connectivity index (χ1v) is 6.00. The molecule has 0 aromatic heterocycles. The van der Waals surface area contributed by atoms with E-state index in [0.717, 1.165) is 0 Å². The van der Waals surface area contributed by atoms with Gasteiger partial charge in [-0.2, -0.15) is 0 Å². The number of morpholine rings is 1. The molecule has 0 radical (unpaired) electrons. The van der Waals surface area contributed by atoms with E-state index in [4.69, 9.17) is 9.84 Å². The van der Waals surface area contributed by atoms with E-state index in [9.17, 15) is 14.7 Å². The van der Waals surface area contributed by atoms with Crippen molar-refractivity contribution in [3.63, 3.8) is 0 Å². The second-order valence-corrected chi connectivity index (χ2v) is 5.09. The Labute approximate surface area is 105 Å². The maximum absolute atomic E-state index is 12.1. The van der Waals surface area contributed by atoms with Crippen LogP contribution in [-0.4, -0.2) is 76.5 Å². The first kappa shape index (κ1) is 13.1. The Morgan fingerprint density at radius 2 is 2.06 bits per heavy atom. The van der Waals surface area contributed by atoms with E-state index in [0.29, 0.717) is 26.1 Å². The molecular formula is C11H18N2O5. The molecule has 2 amide bonds. The third kappa shape index (κ3) is 2.73. The summed E-state index contributed by atoms with van der Waals surface area (Å²) in [5, 5.41) is 18.7. The Hall–Kier alpha value is -1.34. The Morgan fingerprint density at radius 3 is 2.61 bits per heavy atom. The molecule has 2 heterocycles. The van der Waals surface area contributed by atoms with Gasteiger partial charge in [0.05, 0.1) is 25.3 Å². The highest BCUT2D eigenvalue weighted by atomic mass is 16.5. The monoisotopic (exact) mass is 258 g/mol. The quantitative estimate of drug-likeness (QED) is 0.652. The molecule has 7 nitrogen and oxygen atoms in total. The van der Waals surface area contributed by atoms with Gasteiger partial charge in [-0.1, -0.05) is 0 Å². The number of hydrogen-bond donors (Lipinski definition) is 2. The molecular weight excluding hydrogens is 240 g/mol. The Balaban J connectivity index is 1.95. The molecule has 0 bridgehead atoms. The number of carboxylic acid groups (broad SMARTS) is 1. The first-order valence-electron chi connectivity index (χ1n) is 6.00. The van der Waals surface area contributed by atoms with Gasteiger partial charge in [0.25, 0.3) is 0 Å². The minimum absolute atomic E-state index is 0.0623. The average molecular weight is 258 g/mol. The average Bonchev–Trinajstić information content (AvgIpc) is 2.69. The number of aliphatic hydroxyl groups is 1. The van der Waals surface area contributed by atoms with Gasteiger partial charge in [-0.15, -0.1) is 0 Å². The number of amides is 2. The first-order chi connectivity index (χ1) is 8.39. The van der Waals surface area contributed by atoms with E-state index >= 15 is 0 Å². The maximum Gasteiger partial charge on any atom is 0.334 e. The summed E-state index contributed by atoms with van der Waals surface area (Å²) in [4.78, 5) is 26.0. The van der Waals surface area contributed by atoms with Gasteiger partial charge in [0.15, 0.2) is 6.10 Å². The zero-order valence-electron chi connectivity index (χ0n) is 10.3. The molecule has 18 heavy (non-hydrogen) atoms. The van der Waals surface area contributed by atoms with Gasteiger partial charge in [-0.3, -0.25) is 0 Å². The van der Waals surface area contributed by atoms with Crippen LogP contribution < -0.4 is 0 Å². The van der Waals surface area contributed by atoms with E-state index in [1.165, 1.54) is 4.90 Å². The second kappa shape index (κ2) is 4.74. The van der Waals surface area contributed by atoms with E-state index in [1.54, 1.807) is 11.8 Å².